The molecule has 0 saturated carbocycles. The van der Waals surface area contributed by atoms with Gasteiger partial charge in [-0.3, -0.25) is 0 Å². The fourth-order valence-electron chi connectivity index (χ4n) is 1.94. The predicted octanol–water partition coefficient (Wildman–Crippen LogP) is 2.79. The highest BCUT2D eigenvalue weighted by Gasteiger charge is 2.22. The molecule has 2 atom stereocenters. The molecule has 0 radical (unpaired) electrons. The molecule has 1 aromatic carbocycles. The van der Waals surface area contributed by atoms with Crippen LogP contribution in [0, 0.1) is 12.8 Å². The molecule has 1 unspecified atom stereocenters. The summed E-state index contributed by atoms with van der Waals surface area (Å²) in [5.41, 5.74) is 1.01. The standard InChI is InChI=1S/C15H19NO2S/c1-12-8-10-15(11-9-12)19(17,18)16-13(2)14-6-4-3-5-7-14/h3-6,8-11,13-14,16H,7H2,1-2H3/t13-,14?/m1/s1/i14D. The third-order valence-electron chi connectivity index (χ3n) is 3.13. The van der Waals surface area contributed by atoms with Crippen molar-refractivity contribution in [2.75, 3.05) is 0 Å². The Kier molecular flexibility index (Phi) is 3.80. The average Bonchev–Trinajstić information content (AvgIpc) is 2.39. The van der Waals surface area contributed by atoms with E-state index in [-0.39, 0.29) is 4.90 Å². The van der Waals surface area contributed by atoms with Crippen LogP contribution in [0.1, 0.15) is 20.3 Å². The molecule has 0 heterocycles. The van der Waals surface area contributed by atoms with Crippen LogP contribution in [0.3, 0.4) is 0 Å². The fourth-order valence-corrected chi connectivity index (χ4v) is 3.19. The Bertz CT molecular complexity index is 634. The van der Waals surface area contributed by atoms with Gasteiger partial charge in [-0.15, -0.1) is 0 Å². The van der Waals surface area contributed by atoms with E-state index in [0.29, 0.717) is 6.42 Å². The summed E-state index contributed by atoms with van der Waals surface area (Å²) in [6, 6.07) is 6.18. The monoisotopic (exact) mass is 278 g/mol. The lowest BCUT2D eigenvalue weighted by molar-refractivity contribution is 0.484. The largest absolute Gasteiger partial charge is 0.240 e. The van der Waals surface area contributed by atoms with Crippen LogP contribution in [0.2, 0.25) is 0 Å². The topological polar surface area (TPSA) is 46.2 Å². The Hall–Kier alpha value is -1.39. The molecule has 0 aromatic heterocycles. The van der Waals surface area contributed by atoms with Crippen molar-refractivity contribution in [1.29, 1.82) is 0 Å². The zero-order chi connectivity index (χ0) is 14.8. The SMILES string of the molecule is [2H]C1([C@@H](C)NS(=O)(=O)c2ccc(C)cc2)C=CC=CC1. The van der Waals surface area contributed by atoms with Crippen LogP contribution in [0.15, 0.2) is 53.5 Å². The van der Waals surface area contributed by atoms with Gasteiger partial charge in [-0.1, -0.05) is 42.0 Å². The maximum atomic E-state index is 12.3. The van der Waals surface area contributed by atoms with Crippen molar-refractivity contribution in [2.24, 2.45) is 5.89 Å². The summed E-state index contributed by atoms with van der Waals surface area (Å²) in [7, 11) is -3.59. The summed E-state index contributed by atoms with van der Waals surface area (Å²) >= 11 is 0. The first-order chi connectivity index (χ1) is 9.33. The normalized spacial score (nSPS) is 25.1. The van der Waals surface area contributed by atoms with Gasteiger partial charge < -0.3 is 0 Å². The van der Waals surface area contributed by atoms with Crippen molar-refractivity contribution in [3.8, 4) is 0 Å². The van der Waals surface area contributed by atoms with E-state index in [1.165, 1.54) is 0 Å². The van der Waals surface area contributed by atoms with Crippen molar-refractivity contribution >= 4 is 10.0 Å². The highest BCUT2D eigenvalue weighted by molar-refractivity contribution is 7.89. The minimum absolute atomic E-state index is 0.230. The van der Waals surface area contributed by atoms with Gasteiger partial charge in [0.05, 0.1) is 4.90 Å². The van der Waals surface area contributed by atoms with E-state index in [9.17, 15) is 8.42 Å². The van der Waals surface area contributed by atoms with Crippen LogP contribution in [-0.4, -0.2) is 14.5 Å². The zero-order valence-corrected chi connectivity index (χ0v) is 11.9. The van der Waals surface area contributed by atoms with Gasteiger partial charge in [0.25, 0.3) is 0 Å². The van der Waals surface area contributed by atoms with Gasteiger partial charge >= 0.3 is 0 Å². The van der Waals surface area contributed by atoms with Gasteiger partial charge in [-0.2, -0.15) is 0 Å². The smallest absolute Gasteiger partial charge is 0.208 e. The molecule has 102 valence electrons. The molecular formula is C15H19NO2S. The average molecular weight is 278 g/mol. The number of sulfonamides is 1. The number of hydrogen-bond acceptors (Lipinski definition) is 2. The molecule has 2 rings (SSSR count). The van der Waals surface area contributed by atoms with Crippen LogP contribution in [0.5, 0.6) is 0 Å². The molecule has 0 spiro atoms. The molecule has 0 amide bonds. The van der Waals surface area contributed by atoms with E-state index < -0.39 is 22.0 Å². The Labute approximate surface area is 116 Å². The van der Waals surface area contributed by atoms with Crippen LogP contribution in [-0.2, 0) is 10.0 Å². The van der Waals surface area contributed by atoms with Crippen molar-refractivity contribution < 1.29 is 9.79 Å². The first kappa shape index (κ1) is 12.6. The summed E-state index contributed by atoms with van der Waals surface area (Å²) in [5.74, 6) is -0.938. The molecule has 1 N–H and O–H groups in total. The lowest BCUT2D eigenvalue weighted by atomic mass is 9.95. The highest BCUT2D eigenvalue weighted by Crippen LogP contribution is 2.18. The molecule has 1 aliphatic carbocycles. The third kappa shape index (κ3) is 3.55. The second-order valence-electron chi connectivity index (χ2n) is 4.72. The van der Waals surface area contributed by atoms with Gasteiger partial charge in [0, 0.05) is 7.41 Å². The second-order valence-corrected chi connectivity index (χ2v) is 6.44. The van der Waals surface area contributed by atoms with Crippen molar-refractivity contribution in [3.05, 3.63) is 54.1 Å². The lowest BCUT2D eigenvalue weighted by Crippen LogP contribution is -2.37. The maximum Gasteiger partial charge on any atom is 0.240 e. The summed E-state index contributed by atoms with van der Waals surface area (Å²) in [4.78, 5) is 0.230. The van der Waals surface area contributed by atoms with Crippen molar-refractivity contribution in [2.45, 2.75) is 31.2 Å². The summed E-state index contributed by atoms with van der Waals surface area (Å²) in [6.45, 7) is 3.63. The quantitative estimate of drug-likeness (QED) is 0.920. The summed E-state index contributed by atoms with van der Waals surface area (Å²) in [6.07, 6.45) is 7.77. The second kappa shape index (κ2) is 5.72. The molecule has 1 aromatic rings. The van der Waals surface area contributed by atoms with Gasteiger partial charge in [0.15, 0.2) is 0 Å². The maximum absolute atomic E-state index is 12.3. The number of nitrogens with one attached hydrogen (secondary N) is 1. The van der Waals surface area contributed by atoms with E-state index >= 15 is 0 Å². The molecule has 3 nitrogen and oxygen atoms in total. The molecule has 0 saturated heterocycles. The zero-order valence-electron chi connectivity index (χ0n) is 12.1. The number of hydrogen-bond donors (Lipinski definition) is 1. The highest BCUT2D eigenvalue weighted by atomic mass is 32.2. The molecule has 19 heavy (non-hydrogen) atoms. The predicted molar refractivity (Wildman–Crippen MR) is 77.3 cm³/mol. The molecule has 1 aliphatic rings. The van der Waals surface area contributed by atoms with E-state index in [1.54, 1.807) is 43.3 Å². The minimum Gasteiger partial charge on any atom is -0.208 e. The van der Waals surface area contributed by atoms with Crippen LogP contribution in [0.25, 0.3) is 0 Å². The van der Waals surface area contributed by atoms with Crippen LogP contribution in [0.4, 0.5) is 0 Å². The Morgan fingerprint density at radius 2 is 2.00 bits per heavy atom. The fraction of sp³-hybridized carbons (Fsp3) is 0.333. The number of allylic oxidation sites excluding steroid dienone is 3. The molecule has 0 aliphatic heterocycles. The van der Waals surface area contributed by atoms with E-state index in [2.05, 4.69) is 4.72 Å². The summed E-state index contributed by atoms with van der Waals surface area (Å²) < 4.78 is 35.5. The van der Waals surface area contributed by atoms with Crippen LogP contribution >= 0.6 is 0 Å². The minimum atomic E-state index is -3.59. The Morgan fingerprint density at radius 1 is 1.32 bits per heavy atom. The molecule has 0 bridgehead atoms. The van der Waals surface area contributed by atoms with Crippen LogP contribution < -0.4 is 4.72 Å². The Morgan fingerprint density at radius 3 is 2.58 bits per heavy atom. The van der Waals surface area contributed by atoms with Crippen molar-refractivity contribution in [3.63, 3.8) is 0 Å². The molecular weight excluding hydrogens is 258 g/mol. The van der Waals surface area contributed by atoms with Gasteiger partial charge in [0.2, 0.25) is 10.0 Å². The summed E-state index contributed by atoms with van der Waals surface area (Å²) in [5, 5.41) is 0. The van der Waals surface area contributed by atoms with Crippen molar-refractivity contribution in [1.82, 2.24) is 4.72 Å². The van der Waals surface area contributed by atoms with E-state index in [0.717, 1.165) is 5.56 Å². The number of benzene rings is 1. The number of rotatable bonds is 4. The number of aryl methyl sites for hydroxylation is 1. The third-order valence-corrected chi connectivity index (χ3v) is 4.69. The van der Waals surface area contributed by atoms with Gasteiger partial charge in [0.1, 0.15) is 0 Å². The Balaban J connectivity index is 2.18. The molecule has 4 heteroatoms. The van der Waals surface area contributed by atoms with E-state index in [1.807, 2.05) is 19.1 Å². The van der Waals surface area contributed by atoms with E-state index in [4.69, 9.17) is 1.37 Å². The first-order valence-electron chi connectivity index (χ1n) is 6.77. The lowest BCUT2D eigenvalue weighted by Gasteiger charge is -2.22. The van der Waals surface area contributed by atoms with Gasteiger partial charge in [-0.05, 0) is 38.3 Å². The molecule has 0 fully saturated rings. The van der Waals surface area contributed by atoms with Gasteiger partial charge in [-0.25, -0.2) is 13.1 Å². The first-order valence-corrected chi connectivity index (χ1v) is 7.75.